The summed E-state index contributed by atoms with van der Waals surface area (Å²) in [6.07, 6.45) is 2.65. The molecule has 1 amide bonds. The number of halogens is 1. The summed E-state index contributed by atoms with van der Waals surface area (Å²) in [5.41, 5.74) is 1.80. The normalized spacial score (nSPS) is 16.5. The van der Waals surface area contributed by atoms with Crippen LogP contribution in [0.4, 0.5) is 5.69 Å². The lowest BCUT2D eigenvalue weighted by atomic mass is 9.96. The SMILES string of the molecule is CSc1cccc(NC(=O)[C@@H]2COc3ccc(Cl)cc3C2)c1. The average Bonchev–Trinajstić information content (AvgIpc) is 2.54. The highest BCUT2D eigenvalue weighted by molar-refractivity contribution is 7.98. The Morgan fingerprint density at radius 3 is 3.00 bits per heavy atom. The van der Waals surface area contributed by atoms with Crippen molar-refractivity contribution in [1.29, 1.82) is 0 Å². The fraction of sp³-hybridized carbons (Fsp3) is 0.235. The van der Waals surface area contributed by atoms with Gasteiger partial charge in [0.15, 0.2) is 0 Å². The van der Waals surface area contributed by atoms with Crippen molar-refractivity contribution in [2.75, 3.05) is 18.2 Å². The topological polar surface area (TPSA) is 38.3 Å². The third-order valence-corrected chi connectivity index (χ3v) is 4.60. The van der Waals surface area contributed by atoms with E-state index in [1.807, 2.05) is 42.7 Å². The molecule has 0 radical (unpaired) electrons. The Balaban J connectivity index is 1.71. The van der Waals surface area contributed by atoms with Crippen molar-refractivity contribution in [3.8, 4) is 5.75 Å². The zero-order valence-corrected chi connectivity index (χ0v) is 13.7. The molecule has 1 atom stereocenters. The Kier molecular flexibility index (Phi) is 4.60. The largest absolute Gasteiger partial charge is 0.492 e. The minimum atomic E-state index is -0.205. The van der Waals surface area contributed by atoms with E-state index in [1.54, 1.807) is 17.8 Å². The van der Waals surface area contributed by atoms with Gasteiger partial charge in [0.05, 0.1) is 5.92 Å². The summed E-state index contributed by atoms with van der Waals surface area (Å²) in [6.45, 7) is 0.392. The van der Waals surface area contributed by atoms with Gasteiger partial charge in [0.2, 0.25) is 5.91 Å². The van der Waals surface area contributed by atoms with Crippen LogP contribution >= 0.6 is 23.4 Å². The first-order valence-corrected chi connectivity index (χ1v) is 8.62. The number of anilines is 1. The number of fused-ring (bicyclic) bond motifs is 1. The summed E-state index contributed by atoms with van der Waals surface area (Å²) in [4.78, 5) is 13.6. The zero-order valence-electron chi connectivity index (χ0n) is 12.1. The quantitative estimate of drug-likeness (QED) is 0.853. The molecule has 114 valence electrons. The van der Waals surface area contributed by atoms with Crippen molar-refractivity contribution in [2.45, 2.75) is 11.3 Å². The second-order valence-electron chi connectivity index (χ2n) is 5.19. The van der Waals surface area contributed by atoms with Crippen molar-refractivity contribution in [3.05, 3.63) is 53.1 Å². The summed E-state index contributed by atoms with van der Waals surface area (Å²) in [5, 5.41) is 3.63. The van der Waals surface area contributed by atoms with E-state index in [4.69, 9.17) is 16.3 Å². The fourth-order valence-corrected chi connectivity index (χ4v) is 3.13. The number of amides is 1. The Morgan fingerprint density at radius 2 is 2.18 bits per heavy atom. The van der Waals surface area contributed by atoms with Crippen LogP contribution in [0.3, 0.4) is 0 Å². The van der Waals surface area contributed by atoms with E-state index in [9.17, 15) is 4.79 Å². The van der Waals surface area contributed by atoms with Crippen LogP contribution in [0.25, 0.3) is 0 Å². The average molecular weight is 334 g/mol. The molecule has 1 aliphatic heterocycles. The third-order valence-electron chi connectivity index (χ3n) is 3.64. The smallest absolute Gasteiger partial charge is 0.231 e. The van der Waals surface area contributed by atoms with Crippen LogP contribution in [-0.2, 0) is 11.2 Å². The summed E-state index contributed by atoms with van der Waals surface area (Å²) < 4.78 is 5.67. The predicted octanol–water partition coefficient (Wildman–Crippen LogP) is 4.25. The van der Waals surface area contributed by atoms with Gasteiger partial charge in [0.1, 0.15) is 12.4 Å². The molecule has 3 nitrogen and oxygen atoms in total. The molecule has 0 spiro atoms. The molecule has 2 aromatic carbocycles. The van der Waals surface area contributed by atoms with E-state index in [0.717, 1.165) is 21.9 Å². The molecule has 5 heteroatoms. The van der Waals surface area contributed by atoms with E-state index in [2.05, 4.69) is 5.32 Å². The van der Waals surface area contributed by atoms with Gasteiger partial charge in [0.25, 0.3) is 0 Å². The molecule has 0 aliphatic carbocycles. The predicted molar refractivity (Wildman–Crippen MR) is 91.0 cm³/mol. The number of carbonyl (C=O) groups excluding carboxylic acids is 1. The van der Waals surface area contributed by atoms with Crippen LogP contribution < -0.4 is 10.1 Å². The van der Waals surface area contributed by atoms with Gasteiger partial charge in [-0.15, -0.1) is 11.8 Å². The molecule has 0 bridgehead atoms. The Bertz CT molecular complexity index is 705. The summed E-state index contributed by atoms with van der Waals surface area (Å²) in [6, 6.07) is 13.3. The lowest BCUT2D eigenvalue weighted by Crippen LogP contribution is -2.32. The van der Waals surface area contributed by atoms with E-state index >= 15 is 0 Å². The van der Waals surface area contributed by atoms with Crippen LogP contribution in [0.5, 0.6) is 5.75 Å². The van der Waals surface area contributed by atoms with Gasteiger partial charge in [-0.25, -0.2) is 0 Å². The minimum absolute atomic E-state index is 0.0242. The molecule has 0 unspecified atom stereocenters. The summed E-state index contributed by atoms with van der Waals surface area (Å²) in [7, 11) is 0. The third kappa shape index (κ3) is 3.39. The number of thioether (sulfide) groups is 1. The van der Waals surface area contributed by atoms with Crippen LogP contribution in [0.2, 0.25) is 5.02 Å². The van der Waals surface area contributed by atoms with Crippen molar-refractivity contribution in [2.24, 2.45) is 5.92 Å². The van der Waals surface area contributed by atoms with Crippen LogP contribution in [0.1, 0.15) is 5.56 Å². The van der Waals surface area contributed by atoms with Crippen molar-refractivity contribution < 1.29 is 9.53 Å². The van der Waals surface area contributed by atoms with Crippen LogP contribution in [0, 0.1) is 5.92 Å². The van der Waals surface area contributed by atoms with Crippen molar-refractivity contribution >= 4 is 35.0 Å². The van der Waals surface area contributed by atoms with Gasteiger partial charge in [-0.2, -0.15) is 0 Å². The van der Waals surface area contributed by atoms with E-state index in [0.29, 0.717) is 18.1 Å². The zero-order chi connectivity index (χ0) is 15.5. The van der Waals surface area contributed by atoms with Crippen LogP contribution in [0.15, 0.2) is 47.4 Å². The Labute approximate surface area is 139 Å². The maximum Gasteiger partial charge on any atom is 0.231 e. The fourth-order valence-electron chi connectivity index (χ4n) is 2.48. The lowest BCUT2D eigenvalue weighted by molar-refractivity contribution is -0.121. The van der Waals surface area contributed by atoms with E-state index in [-0.39, 0.29) is 11.8 Å². The first-order chi connectivity index (χ1) is 10.7. The molecule has 1 aliphatic rings. The molecule has 0 fully saturated rings. The first-order valence-electron chi connectivity index (χ1n) is 7.02. The van der Waals surface area contributed by atoms with Crippen molar-refractivity contribution in [3.63, 3.8) is 0 Å². The number of nitrogens with one attached hydrogen (secondary N) is 1. The Hall–Kier alpha value is -1.65. The van der Waals surface area contributed by atoms with Gasteiger partial charge >= 0.3 is 0 Å². The molecule has 1 N–H and O–H groups in total. The standard InChI is InChI=1S/C17H16ClNO2S/c1-22-15-4-2-3-14(9-15)19-17(20)12-7-11-8-13(18)5-6-16(11)21-10-12/h2-6,8-9,12H,7,10H2,1H3,(H,19,20)/t12-/m0/s1. The van der Waals surface area contributed by atoms with E-state index < -0.39 is 0 Å². The molecular weight excluding hydrogens is 318 g/mol. The van der Waals surface area contributed by atoms with Gasteiger partial charge in [-0.05, 0) is 54.6 Å². The molecule has 22 heavy (non-hydrogen) atoms. The number of benzene rings is 2. The molecule has 0 aromatic heterocycles. The van der Waals surface area contributed by atoms with Crippen molar-refractivity contribution in [1.82, 2.24) is 0 Å². The van der Waals surface area contributed by atoms with Gasteiger partial charge < -0.3 is 10.1 Å². The maximum atomic E-state index is 12.4. The maximum absolute atomic E-state index is 12.4. The summed E-state index contributed by atoms with van der Waals surface area (Å²) >= 11 is 7.66. The van der Waals surface area contributed by atoms with Gasteiger partial charge in [0, 0.05) is 15.6 Å². The number of hydrogen-bond acceptors (Lipinski definition) is 3. The molecule has 1 heterocycles. The summed E-state index contributed by atoms with van der Waals surface area (Å²) in [5.74, 6) is 0.589. The van der Waals surface area contributed by atoms with Gasteiger partial charge in [-0.1, -0.05) is 17.7 Å². The lowest BCUT2D eigenvalue weighted by Gasteiger charge is -2.24. The molecule has 2 aromatic rings. The number of rotatable bonds is 3. The second-order valence-corrected chi connectivity index (χ2v) is 6.50. The second kappa shape index (κ2) is 6.63. The Morgan fingerprint density at radius 1 is 1.32 bits per heavy atom. The molecule has 3 rings (SSSR count). The molecule has 0 saturated heterocycles. The monoisotopic (exact) mass is 333 g/mol. The number of carbonyl (C=O) groups is 1. The highest BCUT2D eigenvalue weighted by Crippen LogP contribution is 2.30. The van der Waals surface area contributed by atoms with Crippen LogP contribution in [-0.4, -0.2) is 18.8 Å². The minimum Gasteiger partial charge on any atom is -0.492 e. The van der Waals surface area contributed by atoms with E-state index in [1.165, 1.54) is 0 Å². The van der Waals surface area contributed by atoms with Gasteiger partial charge in [-0.3, -0.25) is 4.79 Å². The highest BCUT2D eigenvalue weighted by atomic mass is 35.5. The molecular formula is C17H16ClNO2S. The first kappa shape index (κ1) is 15.3. The number of ether oxygens (including phenoxy) is 1. The molecule has 0 saturated carbocycles. The highest BCUT2D eigenvalue weighted by Gasteiger charge is 2.26. The number of hydrogen-bond donors (Lipinski definition) is 1.